The predicted molar refractivity (Wildman–Crippen MR) is 72.0 cm³/mol. The number of imidazole rings is 1. The second-order valence-electron chi connectivity index (χ2n) is 4.55. The Morgan fingerprint density at radius 1 is 1.43 bits per heavy atom. The summed E-state index contributed by atoms with van der Waals surface area (Å²) < 4.78 is 13.0. The number of nitrogens with one attached hydrogen (secondary N) is 2. The van der Waals surface area contributed by atoms with Gasteiger partial charge >= 0.3 is 5.97 Å². The lowest BCUT2D eigenvalue weighted by molar-refractivity contribution is -0.141. The van der Waals surface area contributed by atoms with E-state index in [0.29, 0.717) is 11.3 Å². The van der Waals surface area contributed by atoms with E-state index in [-0.39, 0.29) is 12.8 Å². The molecule has 0 fully saturated rings. The predicted octanol–water partition coefficient (Wildman–Crippen LogP) is 0.903. The number of H-pyrrole nitrogens is 1. The number of nitrogens with zero attached hydrogens (tertiary/aromatic N) is 1. The van der Waals surface area contributed by atoms with E-state index in [0.717, 1.165) is 0 Å². The lowest BCUT2D eigenvalue weighted by Crippen LogP contribution is -2.43. The molecule has 7 heteroatoms. The molecule has 1 unspecified atom stereocenters. The summed E-state index contributed by atoms with van der Waals surface area (Å²) in [7, 11) is 0. The molecule has 21 heavy (non-hydrogen) atoms. The van der Waals surface area contributed by atoms with Crippen LogP contribution in [0.3, 0.4) is 0 Å². The molecule has 0 saturated heterocycles. The molecular formula is C14H14FN3O3. The van der Waals surface area contributed by atoms with Gasteiger partial charge in [-0.25, -0.2) is 14.2 Å². The molecule has 0 radical (unpaired) electrons. The molecule has 1 amide bonds. The van der Waals surface area contributed by atoms with E-state index in [9.17, 15) is 14.0 Å². The van der Waals surface area contributed by atoms with Crippen LogP contribution in [0.15, 0.2) is 36.8 Å². The number of carboxylic acid groups (broad SMARTS) is 1. The number of aromatic amines is 1. The van der Waals surface area contributed by atoms with Crippen LogP contribution in [0.2, 0.25) is 0 Å². The first kappa shape index (κ1) is 14.7. The van der Waals surface area contributed by atoms with Crippen molar-refractivity contribution in [3.63, 3.8) is 0 Å². The summed E-state index contributed by atoms with van der Waals surface area (Å²) in [6.45, 7) is 0. The second kappa shape index (κ2) is 6.65. The van der Waals surface area contributed by atoms with Crippen LogP contribution in [-0.4, -0.2) is 33.0 Å². The minimum Gasteiger partial charge on any atom is -0.480 e. The van der Waals surface area contributed by atoms with Crippen LogP contribution in [0, 0.1) is 5.82 Å². The third-order valence-electron chi connectivity index (χ3n) is 2.87. The summed E-state index contributed by atoms with van der Waals surface area (Å²) in [5, 5.41) is 11.5. The van der Waals surface area contributed by atoms with Crippen LogP contribution in [0.4, 0.5) is 4.39 Å². The number of carbonyl (C=O) groups is 2. The van der Waals surface area contributed by atoms with Crippen LogP contribution in [0.25, 0.3) is 0 Å². The molecule has 1 aromatic heterocycles. The molecule has 2 rings (SSSR count). The first-order valence-corrected chi connectivity index (χ1v) is 6.28. The zero-order valence-electron chi connectivity index (χ0n) is 11.0. The first-order chi connectivity index (χ1) is 10.0. The van der Waals surface area contributed by atoms with Crippen molar-refractivity contribution in [2.24, 2.45) is 0 Å². The number of hydrogen-bond acceptors (Lipinski definition) is 3. The topological polar surface area (TPSA) is 95.1 Å². The van der Waals surface area contributed by atoms with Crippen molar-refractivity contribution in [3.05, 3.63) is 53.9 Å². The minimum atomic E-state index is -1.14. The van der Waals surface area contributed by atoms with Gasteiger partial charge in [0, 0.05) is 18.3 Å². The van der Waals surface area contributed by atoms with Gasteiger partial charge in [0.15, 0.2) is 0 Å². The van der Waals surface area contributed by atoms with Gasteiger partial charge in [0.1, 0.15) is 11.9 Å². The number of benzene rings is 1. The quantitative estimate of drug-likeness (QED) is 0.737. The molecule has 1 aromatic carbocycles. The van der Waals surface area contributed by atoms with Gasteiger partial charge in [0.2, 0.25) is 5.91 Å². The first-order valence-electron chi connectivity index (χ1n) is 6.28. The van der Waals surface area contributed by atoms with Crippen molar-refractivity contribution < 1.29 is 19.1 Å². The molecule has 6 nitrogen and oxygen atoms in total. The number of carboxylic acids is 1. The normalized spacial score (nSPS) is 11.9. The molecule has 0 spiro atoms. The Kier molecular flexibility index (Phi) is 4.65. The average Bonchev–Trinajstić information content (AvgIpc) is 2.90. The Morgan fingerprint density at radius 3 is 2.86 bits per heavy atom. The van der Waals surface area contributed by atoms with Gasteiger partial charge in [-0.1, -0.05) is 12.1 Å². The smallest absolute Gasteiger partial charge is 0.326 e. The molecule has 0 aliphatic heterocycles. The van der Waals surface area contributed by atoms with Gasteiger partial charge in [-0.15, -0.1) is 0 Å². The monoisotopic (exact) mass is 291 g/mol. The highest BCUT2D eigenvalue weighted by atomic mass is 19.1. The van der Waals surface area contributed by atoms with Crippen LogP contribution in [0.1, 0.15) is 11.3 Å². The van der Waals surface area contributed by atoms with Gasteiger partial charge in [0.05, 0.1) is 12.7 Å². The number of aliphatic carboxylic acids is 1. The largest absolute Gasteiger partial charge is 0.480 e. The van der Waals surface area contributed by atoms with Crippen molar-refractivity contribution in [1.29, 1.82) is 0 Å². The van der Waals surface area contributed by atoms with Crippen molar-refractivity contribution in [1.82, 2.24) is 15.3 Å². The van der Waals surface area contributed by atoms with Crippen molar-refractivity contribution in [2.45, 2.75) is 18.9 Å². The highest BCUT2D eigenvalue weighted by Crippen LogP contribution is 2.05. The van der Waals surface area contributed by atoms with E-state index in [4.69, 9.17) is 5.11 Å². The SMILES string of the molecule is O=C(Cc1cccc(F)c1)NC(Cc1cnc[nH]1)C(=O)O. The lowest BCUT2D eigenvalue weighted by Gasteiger charge is -2.13. The molecule has 0 bridgehead atoms. The maximum Gasteiger partial charge on any atom is 0.326 e. The van der Waals surface area contributed by atoms with Gasteiger partial charge in [-0.05, 0) is 17.7 Å². The molecule has 3 N–H and O–H groups in total. The Bertz CT molecular complexity index is 628. The highest BCUT2D eigenvalue weighted by Gasteiger charge is 2.21. The number of aromatic nitrogens is 2. The van der Waals surface area contributed by atoms with Gasteiger partial charge in [-0.2, -0.15) is 0 Å². The summed E-state index contributed by atoms with van der Waals surface area (Å²) in [5.74, 6) is -2.06. The molecule has 1 heterocycles. The zero-order valence-corrected chi connectivity index (χ0v) is 11.0. The Morgan fingerprint density at radius 2 is 2.24 bits per heavy atom. The molecule has 0 aliphatic carbocycles. The number of amides is 1. The Labute approximate surface area is 120 Å². The van der Waals surface area contributed by atoms with Gasteiger partial charge in [-0.3, -0.25) is 4.79 Å². The number of rotatable bonds is 6. The molecular weight excluding hydrogens is 277 g/mol. The summed E-state index contributed by atoms with van der Waals surface area (Å²) in [6.07, 6.45) is 2.95. The maximum absolute atomic E-state index is 13.0. The number of carbonyl (C=O) groups excluding carboxylic acids is 1. The van der Waals surface area contributed by atoms with Crippen molar-refractivity contribution >= 4 is 11.9 Å². The molecule has 0 aliphatic rings. The fraction of sp³-hybridized carbons (Fsp3) is 0.214. The third-order valence-corrected chi connectivity index (χ3v) is 2.87. The Hall–Kier alpha value is -2.70. The van der Waals surface area contributed by atoms with E-state index >= 15 is 0 Å². The standard InChI is InChI=1S/C14H14FN3O3/c15-10-3-1-2-9(4-10)5-13(19)18-12(14(20)21)6-11-7-16-8-17-11/h1-4,7-8,12H,5-6H2,(H,16,17)(H,18,19)(H,20,21). The van der Waals surface area contributed by atoms with E-state index in [1.807, 2.05) is 0 Å². The van der Waals surface area contributed by atoms with Crippen LogP contribution < -0.4 is 5.32 Å². The van der Waals surface area contributed by atoms with Crippen molar-refractivity contribution in [2.75, 3.05) is 0 Å². The van der Waals surface area contributed by atoms with E-state index in [1.54, 1.807) is 6.07 Å². The molecule has 2 aromatic rings. The van der Waals surface area contributed by atoms with Crippen LogP contribution in [-0.2, 0) is 22.4 Å². The zero-order chi connectivity index (χ0) is 15.2. The van der Waals surface area contributed by atoms with E-state index in [1.165, 1.54) is 30.7 Å². The third kappa shape index (κ3) is 4.41. The minimum absolute atomic E-state index is 0.0789. The van der Waals surface area contributed by atoms with Crippen molar-refractivity contribution in [3.8, 4) is 0 Å². The number of hydrogen-bond donors (Lipinski definition) is 3. The number of halogens is 1. The fourth-order valence-electron chi connectivity index (χ4n) is 1.89. The summed E-state index contributed by atoms with van der Waals surface area (Å²) >= 11 is 0. The second-order valence-corrected chi connectivity index (χ2v) is 4.55. The molecule has 110 valence electrons. The summed E-state index contributed by atoms with van der Waals surface area (Å²) in [4.78, 5) is 29.6. The van der Waals surface area contributed by atoms with Gasteiger partial charge < -0.3 is 15.4 Å². The summed E-state index contributed by atoms with van der Waals surface area (Å²) in [5.41, 5.74) is 1.09. The van der Waals surface area contributed by atoms with Gasteiger partial charge in [0.25, 0.3) is 0 Å². The maximum atomic E-state index is 13.0. The molecule has 1 atom stereocenters. The van der Waals surface area contributed by atoms with E-state index in [2.05, 4.69) is 15.3 Å². The summed E-state index contributed by atoms with van der Waals surface area (Å²) in [6, 6.07) is 4.56. The van der Waals surface area contributed by atoms with Crippen LogP contribution >= 0.6 is 0 Å². The average molecular weight is 291 g/mol. The van der Waals surface area contributed by atoms with Crippen LogP contribution in [0.5, 0.6) is 0 Å². The highest BCUT2D eigenvalue weighted by molar-refractivity contribution is 5.85. The molecule has 0 saturated carbocycles. The fourth-order valence-corrected chi connectivity index (χ4v) is 1.89. The van der Waals surface area contributed by atoms with E-state index < -0.39 is 23.7 Å². The lowest BCUT2D eigenvalue weighted by atomic mass is 10.1. The Balaban J connectivity index is 1.96.